The number of hydrogen-bond donors (Lipinski definition) is 3. The summed E-state index contributed by atoms with van der Waals surface area (Å²) in [5.41, 5.74) is 0. The molecule has 3 N–H and O–H groups in total. The molecule has 3 saturated carbocycles. The fraction of sp³-hybridized carbons (Fsp3) is 0.955. The second-order valence-corrected chi connectivity index (χ2v) is 11.5. The minimum absolute atomic E-state index is 0.134. The molecule has 3 rings (SSSR count). The number of carboxylic acids is 1. The molecule has 3 aliphatic carbocycles. The lowest BCUT2D eigenvalue weighted by molar-refractivity contribution is -0.192. The van der Waals surface area contributed by atoms with Gasteiger partial charge in [0, 0.05) is 12.1 Å². The Kier molecular flexibility index (Phi) is 10.7. The SMILES string of the molecule is CS(=O)(=O)NC1CCCCC1CNC1CCC(C2CCCCC2)CC1.O=C(O)C(F)(F)F. The molecule has 0 saturated heterocycles. The Labute approximate surface area is 190 Å². The lowest BCUT2D eigenvalue weighted by atomic mass is 9.72. The minimum Gasteiger partial charge on any atom is -0.475 e. The van der Waals surface area contributed by atoms with Gasteiger partial charge in [0.15, 0.2) is 0 Å². The molecular formula is C22H39F3N2O4S. The Morgan fingerprint density at radius 2 is 1.38 bits per heavy atom. The third-order valence-electron chi connectivity index (χ3n) is 7.27. The first-order valence-corrected chi connectivity index (χ1v) is 13.9. The van der Waals surface area contributed by atoms with E-state index in [9.17, 15) is 21.6 Å². The highest BCUT2D eigenvalue weighted by Gasteiger charge is 2.38. The maximum Gasteiger partial charge on any atom is 0.490 e. The second kappa shape index (κ2) is 12.6. The third-order valence-corrected chi connectivity index (χ3v) is 8.00. The van der Waals surface area contributed by atoms with Crippen LogP contribution >= 0.6 is 0 Å². The Balaban J connectivity index is 0.000000451. The van der Waals surface area contributed by atoms with Crippen LogP contribution in [0.15, 0.2) is 0 Å². The molecule has 0 radical (unpaired) electrons. The van der Waals surface area contributed by atoms with E-state index in [1.54, 1.807) is 0 Å². The number of sulfonamides is 1. The number of aliphatic carboxylic acids is 1. The molecule has 0 bridgehead atoms. The third kappa shape index (κ3) is 9.95. The van der Waals surface area contributed by atoms with Crippen molar-refractivity contribution < 1.29 is 31.5 Å². The second-order valence-electron chi connectivity index (χ2n) is 9.76. The van der Waals surface area contributed by atoms with E-state index in [1.807, 2.05) is 0 Å². The quantitative estimate of drug-likeness (QED) is 0.518. The van der Waals surface area contributed by atoms with Crippen LogP contribution in [0.5, 0.6) is 0 Å². The molecule has 3 aliphatic rings. The summed E-state index contributed by atoms with van der Waals surface area (Å²) < 4.78 is 57.8. The van der Waals surface area contributed by atoms with Gasteiger partial charge in [0.25, 0.3) is 0 Å². The number of alkyl halides is 3. The van der Waals surface area contributed by atoms with Crippen LogP contribution < -0.4 is 10.0 Å². The lowest BCUT2D eigenvalue weighted by Crippen LogP contribution is -2.47. The van der Waals surface area contributed by atoms with E-state index >= 15 is 0 Å². The summed E-state index contributed by atoms with van der Waals surface area (Å²) in [7, 11) is -3.10. The Morgan fingerprint density at radius 1 is 0.875 bits per heavy atom. The molecule has 10 heteroatoms. The molecule has 0 heterocycles. The topological polar surface area (TPSA) is 95.5 Å². The molecule has 3 fully saturated rings. The zero-order valence-electron chi connectivity index (χ0n) is 19.0. The van der Waals surface area contributed by atoms with Crippen molar-refractivity contribution in [3.05, 3.63) is 0 Å². The molecule has 0 aromatic rings. The first-order chi connectivity index (χ1) is 15.0. The number of hydrogen-bond acceptors (Lipinski definition) is 4. The molecule has 6 nitrogen and oxygen atoms in total. The van der Waals surface area contributed by atoms with Crippen molar-refractivity contribution in [1.29, 1.82) is 0 Å². The fourth-order valence-corrected chi connectivity index (χ4v) is 6.46. The highest BCUT2D eigenvalue weighted by molar-refractivity contribution is 7.88. The molecular weight excluding hydrogens is 445 g/mol. The average molecular weight is 485 g/mol. The van der Waals surface area contributed by atoms with E-state index in [1.165, 1.54) is 70.5 Å². The van der Waals surface area contributed by atoms with Crippen molar-refractivity contribution >= 4 is 16.0 Å². The predicted molar refractivity (Wildman–Crippen MR) is 118 cm³/mol. The van der Waals surface area contributed by atoms with Gasteiger partial charge in [0.2, 0.25) is 10.0 Å². The van der Waals surface area contributed by atoms with Crippen LogP contribution in [-0.2, 0) is 14.8 Å². The molecule has 0 aliphatic heterocycles. The van der Waals surface area contributed by atoms with Crippen molar-refractivity contribution in [3.63, 3.8) is 0 Å². The van der Waals surface area contributed by atoms with Gasteiger partial charge in [-0.1, -0.05) is 44.9 Å². The molecule has 188 valence electrons. The summed E-state index contributed by atoms with van der Waals surface area (Å²) in [6.07, 6.45) is 13.5. The Morgan fingerprint density at radius 3 is 1.91 bits per heavy atom. The Hall–Kier alpha value is -0.870. The highest BCUT2D eigenvalue weighted by Crippen LogP contribution is 2.38. The van der Waals surface area contributed by atoms with Gasteiger partial charge in [-0.05, 0) is 62.8 Å². The summed E-state index contributed by atoms with van der Waals surface area (Å²) in [6.45, 7) is 0.978. The van der Waals surface area contributed by atoms with Gasteiger partial charge in [-0.25, -0.2) is 17.9 Å². The van der Waals surface area contributed by atoms with E-state index in [2.05, 4.69) is 10.0 Å². The van der Waals surface area contributed by atoms with Gasteiger partial charge in [-0.3, -0.25) is 0 Å². The van der Waals surface area contributed by atoms with Crippen LogP contribution in [0.3, 0.4) is 0 Å². The molecule has 0 amide bonds. The van der Waals surface area contributed by atoms with Crippen LogP contribution in [0.2, 0.25) is 0 Å². The monoisotopic (exact) mass is 484 g/mol. The van der Waals surface area contributed by atoms with Crippen molar-refractivity contribution in [2.75, 3.05) is 12.8 Å². The van der Waals surface area contributed by atoms with Crippen LogP contribution in [0.25, 0.3) is 0 Å². The largest absolute Gasteiger partial charge is 0.490 e. The first-order valence-electron chi connectivity index (χ1n) is 12.0. The van der Waals surface area contributed by atoms with Gasteiger partial charge in [-0.15, -0.1) is 0 Å². The fourth-order valence-electron chi connectivity index (χ4n) is 5.60. The smallest absolute Gasteiger partial charge is 0.475 e. The number of rotatable bonds is 6. The lowest BCUT2D eigenvalue weighted by Gasteiger charge is -2.37. The molecule has 0 aromatic carbocycles. The maximum atomic E-state index is 11.6. The number of carbonyl (C=O) groups is 1. The highest BCUT2D eigenvalue weighted by atomic mass is 32.2. The number of halogens is 3. The van der Waals surface area contributed by atoms with Gasteiger partial charge >= 0.3 is 12.1 Å². The molecule has 2 atom stereocenters. The van der Waals surface area contributed by atoms with E-state index in [0.717, 1.165) is 37.6 Å². The summed E-state index contributed by atoms with van der Waals surface area (Å²) >= 11 is 0. The standard InChI is InChI=1S/C20H38N2O2S.C2HF3O2/c1-25(23,24)22-20-10-6-5-9-18(20)15-21-19-13-11-17(12-14-19)16-7-3-2-4-8-16;3-2(4,5)1(6)7/h16-22H,2-15H2,1H3;(H,6,7). The summed E-state index contributed by atoms with van der Waals surface area (Å²) in [5.74, 6) is -0.309. The molecule has 32 heavy (non-hydrogen) atoms. The van der Waals surface area contributed by atoms with Crippen LogP contribution in [0.1, 0.15) is 83.5 Å². The average Bonchev–Trinajstić information content (AvgIpc) is 2.73. The van der Waals surface area contributed by atoms with Crippen molar-refractivity contribution in [1.82, 2.24) is 10.0 Å². The van der Waals surface area contributed by atoms with Crippen LogP contribution in [0, 0.1) is 17.8 Å². The number of nitrogens with one attached hydrogen (secondary N) is 2. The maximum absolute atomic E-state index is 11.6. The summed E-state index contributed by atoms with van der Waals surface area (Å²) in [5, 5.41) is 10.9. The Bertz CT molecular complexity index is 673. The van der Waals surface area contributed by atoms with Gasteiger partial charge in [0.05, 0.1) is 6.26 Å². The van der Waals surface area contributed by atoms with E-state index in [0.29, 0.717) is 12.0 Å². The van der Waals surface area contributed by atoms with E-state index in [-0.39, 0.29) is 6.04 Å². The van der Waals surface area contributed by atoms with Crippen molar-refractivity contribution in [2.45, 2.75) is 102 Å². The number of carboxylic acid groups (broad SMARTS) is 1. The van der Waals surface area contributed by atoms with E-state index in [4.69, 9.17) is 9.90 Å². The van der Waals surface area contributed by atoms with Crippen LogP contribution in [0.4, 0.5) is 13.2 Å². The zero-order chi connectivity index (χ0) is 23.8. The first kappa shape index (κ1) is 27.4. The minimum atomic E-state index is -5.08. The molecule has 0 aromatic heterocycles. The molecule has 2 unspecified atom stereocenters. The zero-order valence-corrected chi connectivity index (χ0v) is 19.8. The predicted octanol–water partition coefficient (Wildman–Crippen LogP) is 4.46. The summed E-state index contributed by atoms with van der Waals surface area (Å²) in [6, 6.07) is 0.787. The van der Waals surface area contributed by atoms with Gasteiger partial charge in [0.1, 0.15) is 0 Å². The van der Waals surface area contributed by atoms with Gasteiger partial charge < -0.3 is 10.4 Å². The normalized spacial score (nSPS) is 30.2. The van der Waals surface area contributed by atoms with Gasteiger partial charge in [-0.2, -0.15) is 13.2 Å². The van der Waals surface area contributed by atoms with Crippen LogP contribution in [-0.4, -0.2) is 50.6 Å². The summed E-state index contributed by atoms with van der Waals surface area (Å²) in [4.78, 5) is 8.90. The van der Waals surface area contributed by atoms with Crippen molar-refractivity contribution in [2.24, 2.45) is 17.8 Å². The molecule has 0 spiro atoms. The van der Waals surface area contributed by atoms with E-state index < -0.39 is 22.2 Å². The van der Waals surface area contributed by atoms with Crippen molar-refractivity contribution in [3.8, 4) is 0 Å².